The minimum Gasteiger partial charge on any atom is -0.381 e. The Morgan fingerprint density at radius 1 is 0.400 bits per heavy atom. The molecule has 0 aliphatic carbocycles. The van der Waals surface area contributed by atoms with Crippen molar-refractivity contribution in [2.24, 2.45) is 4.99 Å². The van der Waals surface area contributed by atoms with Crippen molar-refractivity contribution < 1.29 is 0 Å². The second kappa shape index (κ2) is 10.4. The van der Waals surface area contributed by atoms with Crippen LogP contribution in [0.25, 0.3) is 76.2 Å². The minimum atomic E-state index is -0.138. The van der Waals surface area contributed by atoms with Gasteiger partial charge in [-0.15, -0.1) is 0 Å². The Morgan fingerprint density at radius 3 is 1.60 bits per heavy atom. The zero-order chi connectivity index (χ0) is 32.8. The van der Waals surface area contributed by atoms with Gasteiger partial charge in [-0.3, -0.25) is 0 Å². The van der Waals surface area contributed by atoms with Gasteiger partial charge in [0, 0.05) is 33.8 Å². The molecular formula is C46H29N4-. The lowest BCUT2D eigenvalue weighted by Gasteiger charge is -2.35. The highest BCUT2D eigenvalue weighted by Crippen LogP contribution is 2.45. The number of fused-ring (bicyclic) bond motifs is 12. The molecule has 0 fully saturated rings. The van der Waals surface area contributed by atoms with E-state index >= 15 is 0 Å². The first-order valence-electron chi connectivity index (χ1n) is 17.1. The molecule has 0 radical (unpaired) electrons. The minimum absolute atomic E-state index is 0.138. The molecule has 4 heteroatoms. The van der Waals surface area contributed by atoms with E-state index in [1.807, 2.05) is 0 Å². The summed E-state index contributed by atoms with van der Waals surface area (Å²) >= 11 is 0. The van der Waals surface area contributed by atoms with Crippen LogP contribution < -0.4 is 0 Å². The Kier molecular flexibility index (Phi) is 5.69. The van der Waals surface area contributed by atoms with E-state index in [-0.39, 0.29) is 6.04 Å². The van der Waals surface area contributed by atoms with E-state index in [9.17, 15) is 0 Å². The van der Waals surface area contributed by atoms with Crippen LogP contribution in [0.1, 0.15) is 17.2 Å². The summed E-state index contributed by atoms with van der Waals surface area (Å²) in [5, 5.41) is 15.3. The van der Waals surface area contributed by atoms with E-state index < -0.39 is 0 Å². The van der Waals surface area contributed by atoms with E-state index in [1.165, 1.54) is 59.8 Å². The van der Waals surface area contributed by atoms with Crippen LogP contribution >= 0.6 is 0 Å². The molecule has 50 heavy (non-hydrogen) atoms. The quantitative estimate of drug-likeness (QED) is 0.169. The molecule has 8 aromatic carbocycles. The molecule has 1 unspecified atom stereocenters. The average Bonchev–Trinajstić information content (AvgIpc) is 3.71. The van der Waals surface area contributed by atoms with Crippen LogP contribution in [-0.4, -0.2) is 15.1 Å². The molecule has 0 N–H and O–H groups in total. The maximum absolute atomic E-state index is 5.37. The fourth-order valence-corrected chi connectivity index (χ4v) is 8.37. The van der Waals surface area contributed by atoms with E-state index in [0.717, 1.165) is 27.8 Å². The molecule has 11 rings (SSSR count). The van der Waals surface area contributed by atoms with Crippen molar-refractivity contribution in [1.82, 2.24) is 9.13 Å². The van der Waals surface area contributed by atoms with Crippen LogP contribution in [0.15, 0.2) is 175 Å². The molecule has 3 heterocycles. The summed E-state index contributed by atoms with van der Waals surface area (Å²) < 4.78 is 4.65. The summed E-state index contributed by atoms with van der Waals surface area (Å²) in [5.74, 6) is 0.708. The fraction of sp³-hybridized carbons (Fsp3) is 0.0217. The molecule has 2 aromatic heterocycles. The third-order valence-corrected chi connectivity index (χ3v) is 10.5. The molecule has 4 nitrogen and oxygen atoms in total. The average molecular weight is 638 g/mol. The van der Waals surface area contributed by atoms with Gasteiger partial charge in [-0.25, -0.2) is 0 Å². The zero-order valence-electron chi connectivity index (χ0n) is 27.0. The van der Waals surface area contributed by atoms with Gasteiger partial charge in [0.1, 0.15) is 0 Å². The van der Waals surface area contributed by atoms with Gasteiger partial charge < -0.3 is 19.4 Å². The number of aliphatic imine (C=N–C) groups is 1. The molecule has 0 spiro atoms. The number of para-hydroxylation sites is 4. The first-order valence-corrected chi connectivity index (χ1v) is 17.1. The van der Waals surface area contributed by atoms with Crippen molar-refractivity contribution in [2.75, 3.05) is 0 Å². The van der Waals surface area contributed by atoms with Crippen LogP contribution in [0.5, 0.6) is 0 Å². The Labute approximate surface area is 288 Å². The van der Waals surface area contributed by atoms with Crippen molar-refractivity contribution in [1.29, 1.82) is 0 Å². The van der Waals surface area contributed by atoms with Crippen LogP contribution in [0.2, 0.25) is 0 Å². The first kappa shape index (κ1) is 27.3. The smallest absolute Gasteiger partial charge is 0.0547 e. The topological polar surface area (TPSA) is 36.3 Å². The Balaban J connectivity index is 1.18. The van der Waals surface area contributed by atoms with Crippen molar-refractivity contribution in [3.05, 3.63) is 186 Å². The molecule has 0 amide bonds. The lowest BCUT2D eigenvalue weighted by Crippen LogP contribution is -2.18. The number of aromatic nitrogens is 2. The summed E-state index contributed by atoms with van der Waals surface area (Å²) in [6, 6.07) is 60.7. The van der Waals surface area contributed by atoms with Gasteiger partial charge in [0.15, 0.2) is 0 Å². The Morgan fingerprint density at radius 2 is 0.920 bits per heavy atom. The van der Waals surface area contributed by atoms with Gasteiger partial charge in [0.25, 0.3) is 0 Å². The van der Waals surface area contributed by atoms with Crippen LogP contribution in [0, 0.1) is 0 Å². The molecule has 0 bridgehead atoms. The van der Waals surface area contributed by atoms with Crippen molar-refractivity contribution in [3.8, 4) is 5.69 Å². The van der Waals surface area contributed by atoms with Gasteiger partial charge in [0.2, 0.25) is 0 Å². The standard InChI is InChI=1S/C46H29N4/c1-3-13-29(14-4-1)45-35-17-7-10-20-38(35)47-46(48-45)50-40-22-12-9-19-37(40)44-34-24-23-33-31(32(34)26-28-42(44)50)25-27-41-43(33)36-18-8-11-21-39(36)49(41)30-15-5-2-6-16-30/h1-28,45H/q-1. The van der Waals surface area contributed by atoms with Gasteiger partial charge in [0.05, 0.1) is 11.0 Å². The van der Waals surface area contributed by atoms with E-state index in [0.29, 0.717) is 5.96 Å². The summed E-state index contributed by atoms with van der Waals surface area (Å²) in [5.41, 5.74) is 9.05. The highest BCUT2D eigenvalue weighted by atomic mass is 15.2. The van der Waals surface area contributed by atoms with Gasteiger partial charge >= 0.3 is 0 Å². The molecule has 0 saturated heterocycles. The molecule has 0 saturated carbocycles. The third-order valence-electron chi connectivity index (χ3n) is 10.5. The Hall–Kier alpha value is -6.65. The van der Waals surface area contributed by atoms with E-state index in [1.54, 1.807) is 0 Å². The second-order valence-electron chi connectivity index (χ2n) is 13.1. The Bertz CT molecular complexity index is 3000. The number of nitrogens with zero attached hydrogens (tertiary/aromatic N) is 4. The lowest BCUT2D eigenvalue weighted by atomic mass is 9.95. The van der Waals surface area contributed by atoms with E-state index in [4.69, 9.17) is 10.3 Å². The van der Waals surface area contributed by atoms with Crippen molar-refractivity contribution >= 4 is 76.8 Å². The largest absolute Gasteiger partial charge is 0.381 e. The predicted octanol–water partition coefficient (Wildman–Crippen LogP) is 12.2. The van der Waals surface area contributed by atoms with Crippen molar-refractivity contribution in [2.45, 2.75) is 6.04 Å². The summed E-state index contributed by atoms with van der Waals surface area (Å²) in [6.07, 6.45) is 0. The number of hydrogen-bond acceptors (Lipinski definition) is 1. The fourth-order valence-electron chi connectivity index (χ4n) is 8.37. The molecule has 1 aliphatic heterocycles. The van der Waals surface area contributed by atoms with Crippen LogP contribution in [0.3, 0.4) is 0 Å². The SMILES string of the molecule is c1ccc(C2[N-]C(n3c4ccccc4c4c5ccc6c(ccc7c6c6ccccc6n7-c6ccccc6)c5ccc43)=Nc3ccccc32)cc1. The maximum atomic E-state index is 5.37. The highest BCUT2D eigenvalue weighted by Gasteiger charge is 2.22. The van der Waals surface area contributed by atoms with Gasteiger partial charge in [-0.1, -0.05) is 146 Å². The highest BCUT2D eigenvalue weighted by molar-refractivity contribution is 6.31. The maximum Gasteiger partial charge on any atom is 0.0547 e. The van der Waals surface area contributed by atoms with Crippen molar-refractivity contribution in [3.63, 3.8) is 0 Å². The van der Waals surface area contributed by atoms with Crippen LogP contribution in [-0.2, 0) is 0 Å². The van der Waals surface area contributed by atoms with E-state index in [2.05, 4.69) is 179 Å². The third kappa shape index (κ3) is 3.79. The summed E-state index contributed by atoms with van der Waals surface area (Å²) in [7, 11) is 0. The summed E-state index contributed by atoms with van der Waals surface area (Å²) in [6.45, 7) is 0. The second-order valence-corrected chi connectivity index (χ2v) is 13.1. The van der Waals surface area contributed by atoms with Gasteiger partial charge in [-0.2, -0.15) is 0 Å². The predicted molar refractivity (Wildman–Crippen MR) is 209 cm³/mol. The molecule has 1 aliphatic rings. The molecule has 10 aromatic rings. The number of rotatable bonds is 2. The number of benzene rings is 8. The first-order chi connectivity index (χ1) is 24.8. The zero-order valence-corrected chi connectivity index (χ0v) is 27.0. The molecular weight excluding hydrogens is 609 g/mol. The monoisotopic (exact) mass is 637 g/mol. The normalized spacial score (nSPS) is 14.5. The molecule has 234 valence electrons. The molecule has 1 atom stereocenters. The van der Waals surface area contributed by atoms with Crippen LogP contribution in [0.4, 0.5) is 5.69 Å². The number of hydrogen-bond donors (Lipinski definition) is 0. The van der Waals surface area contributed by atoms with Gasteiger partial charge in [-0.05, 0) is 79.0 Å². The lowest BCUT2D eigenvalue weighted by molar-refractivity contribution is 0.964. The summed E-state index contributed by atoms with van der Waals surface area (Å²) in [4.78, 5) is 5.19.